The molecule has 1 saturated heterocycles. The highest BCUT2D eigenvalue weighted by atomic mass is 35.5. The summed E-state index contributed by atoms with van der Waals surface area (Å²) in [5.41, 5.74) is 14.1. The lowest BCUT2D eigenvalue weighted by atomic mass is 9.95. The van der Waals surface area contributed by atoms with E-state index in [1.165, 1.54) is 129 Å². The van der Waals surface area contributed by atoms with Crippen molar-refractivity contribution in [2.24, 2.45) is 7.05 Å². The van der Waals surface area contributed by atoms with Gasteiger partial charge in [0.2, 0.25) is 31.7 Å². The second-order valence-corrected chi connectivity index (χ2v) is 42.8. The first kappa shape index (κ1) is 100. The highest BCUT2D eigenvalue weighted by Crippen LogP contribution is 2.45. The van der Waals surface area contributed by atoms with Gasteiger partial charge in [0.15, 0.2) is 21.2 Å². The van der Waals surface area contributed by atoms with Gasteiger partial charge in [0.25, 0.3) is 10.0 Å². The number of sulfone groups is 1. The van der Waals surface area contributed by atoms with Crippen molar-refractivity contribution in [2.45, 2.75) is 158 Å². The smallest absolute Gasteiger partial charge is 0.416 e. The number of aromatic amines is 2. The van der Waals surface area contributed by atoms with Gasteiger partial charge in [-0.3, -0.25) is 28.8 Å². The number of para-hydroxylation sites is 2. The maximum atomic E-state index is 12.6. The van der Waals surface area contributed by atoms with E-state index in [4.69, 9.17) is 21.1 Å². The minimum Gasteiger partial charge on any atom is -0.462 e. The Morgan fingerprint density at radius 2 is 1.34 bits per heavy atom. The van der Waals surface area contributed by atoms with Crippen LogP contribution in [0.5, 0.6) is 5.75 Å². The quantitative estimate of drug-likeness (QED) is 0.00919. The third-order valence-corrected chi connectivity index (χ3v) is 31.7. The summed E-state index contributed by atoms with van der Waals surface area (Å²) in [5, 5.41) is 9.24. The zero-order valence-electron chi connectivity index (χ0n) is 73.3. The van der Waals surface area contributed by atoms with Gasteiger partial charge in [-0.05, 0) is 233 Å². The van der Waals surface area contributed by atoms with E-state index in [0.717, 1.165) is 95.3 Å². The number of thioether (sulfide) groups is 3. The first-order valence-corrected chi connectivity index (χ1v) is 52.1. The van der Waals surface area contributed by atoms with Gasteiger partial charge in [-0.1, -0.05) is 185 Å². The van der Waals surface area contributed by atoms with Crippen LogP contribution < -0.4 is 29.5 Å². The van der Waals surface area contributed by atoms with Gasteiger partial charge in [0, 0.05) is 115 Å². The molecule has 3 aromatic heterocycles. The van der Waals surface area contributed by atoms with Gasteiger partial charge >= 0.3 is 12.1 Å². The number of carbonyl (C=O) groups excluding carboxylic acids is 4. The molecule has 1 aliphatic carbocycles. The van der Waals surface area contributed by atoms with E-state index in [1.807, 2.05) is 95.4 Å². The number of rotatable bonds is 25. The zero-order valence-corrected chi connectivity index (χ0v) is 80.6. The number of alkyl halides is 3. The molecular formula is C97H101ClF3N11O12S8. The molecule has 2 amide bonds. The lowest BCUT2D eigenvalue weighted by Gasteiger charge is -2.31. The summed E-state index contributed by atoms with van der Waals surface area (Å²) in [6, 6.07) is 68.9. The number of carbonyl (C=O) groups is 4. The number of ketones is 1. The number of hydrogen-bond acceptors (Lipinski definition) is 21. The maximum Gasteiger partial charge on any atom is 0.416 e. The van der Waals surface area contributed by atoms with Crippen molar-refractivity contribution in [1.82, 2.24) is 44.2 Å². The Morgan fingerprint density at radius 1 is 0.689 bits per heavy atom. The van der Waals surface area contributed by atoms with E-state index < -0.39 is 46.9 Å². The number of aryl methyl sites for hydroxylation is 5. The molecule has 13 aromatic rings. The molecule has 10 aromatic carbocycles. The minimum atomic E-state index is -4.38. The topological polar surface area (TPSA) is 315 Å². The van der Waals surface area contributed by atoms with Crippen molar-refractivity contribution in [3.05, 3.63) is 327 Å². The Labute approximate surface area is 793 Å². The van der Waals surface area contributed by atoms with Crippen LogP contribution in [0.3, 0.4) is 0 Å². The molecule has 2 fully saturated rings. The van der Waals surface area contributed by atoms with Crippen LogP contribution in [-0.2, 0) is 94.7 Å². The molecule has 3 aliphatic heterocycles. The Kier molecular flexibility index (Phi) is 35.6. The van der Waals surface area contributed by atoms with Crippen LogP contribution in [0.15, 0.2) is 291 Å². The number of anilines is 2. The van der Waals surface area contributed by atoms with Crippen molar-refractivity contribution in [3.8, 4) is 5.75 Å². The number of hydrogen-bond donors (Lipinski definition) is 7. The molecule has 17 rings (SSSR count). The fourth-order valence-corrected chi connectivity index (χ4v) is 23.6. The van der Waals surface area contributed by atoms with Crippen molar-refractivity contribution in [2.75, 3.05) is 34.6 Å². The summed E-state index contributed by atoms with van der Waals surface area (Å²) in [4.78, 5) is 66.7. The second-order valence-electron chi connectivity index (χ2n) is 31.5. The molecule has 0 bridgehead atoms. The second kappa shape index (κ2) is 46.9. The zero-order chi connectivity index (χ0) is 94.3. The average Bonchev–Trinajstić information content (AvgIpc) is 1.59. The number of ether oxygens (including phenoxy) is 2. The number of amides is 2. The van der Waals surface area contributed by atoms with Crippen molar-refractivity contribution >= 4 is 155 Å². The molecule has 23 nitrogen and oxygen atoms in total. The van der Waals surface area contributed by atoms with E-state index in [-0.39, 0.29) is 81.4 Å². The van der Waals surface area contributed by atoms with E-state index in [1.54, 1.807) is 99.4 Å². The molecule has 0 spiro atoms. The lowest BCUT2D eigenvalue weighted by Crippen LogP contribution is -2.51. The number of esters is 1. The predicted molar refractivity (Wildman–Crippen MR) is 524 cm³/mol. The SMILES string of the molecule is C=C1Oc2ccc(NS(=O)(=O)c3ccc(C)cc3)cc2S1.CC(C)OC(=O)CSc1nc2ccccc2[nH]1.CCc1ccc(NC(=O)CCNS(=O)(=O)C2CCCC3SSNC32)cc1.Cc1ccc(C(=O)c2ccc(S(=O)(=O)c3ccc(Cl)cc3)cc2)cc1.Cc1ccc2[nH]c3c(c2c1)CN(Cc1ccccc1)CC3.Cn1ccnc1SCC(=O)NCc1cccc(C(F)(F)F)c1. The van der Waals surface area contributed by atoms with Crippen molar-refractivity contribution in [3.63, 3.8) is 0 Å². The monoisotopic (exact) mass is 1960 g/mol. The van der Waals surface area contributed by atoms with Crippen LogP contribution in [0, 0.1) is 20.8 Å². The number of imidazole rings is 2. The number of halogens is 4. The summed E-state index contributed by atoms with van der Waals surface area (Å²) < 4.78 is 134. The van der Waals surface area contributed by atoms with E-state index in [0.29, 0.717) is 55.1 Å². The third kappa shape index (κ3) is 29.0. The summed E-state index contributed by atoms with van der Waals surface area (Å²) in [6.07, 6.45) is 3.78. The Balaban J connectivity index is 0.000000144. The van der Waals surface area contributed by atoms with Crippen LogP contribution in [0.4, 0.5) is 24.5 Å². The summed E-state index contributed by atoms with van der Waals surface area (Å²) in [6.45, 7) is 18.9. The highest BCUT2D eigenvalue weighted by molar-refractivity contribution is 8.76. The molecule has 4 aliphatic rings. The molecule has 3 atom stereocenters. The fraction of sp³-hybridized carbons (Fsp3) is 0.258. The molecule has 6 heterocycles. The van der Waals surface area contributed by atoms with Crippen molar-refractivity contribution in [1.29, 1.82) is 0 Å². The van der Waals surface area contributed by atoms with E-state index in [9.17, 15) is 57.6 Å². The Morgan fingerprint density at radius 3 is 2.02 bits per heavy atom. The van der Waals surface area contributed by atoms with Crippen LogP contribution in [0.1, 0.15) is 113 Å². The largest absolute Gasteiger partial charge is 0.462 e. The van der Waals surface area contributed by atoms with Crippen LogP contribution >= 0.6 is 68.7 Å². The van der Waals surface area contributed by atoms with Gasteiger partial charge in [-0.2, -0.15) is 13.2 Å². The molecule has 692 valence electrons. The molecule has 132 heavy (non-hydrogen) atoms. The first-order valence-electron chi connectivity index (χ1n) is 42.2. The van der Waals surface area contributed by atoms with Gasteiger partial charge in [-0.15, -0.1) is 0 Å². The summed E-state index contributed by atoms with van der Waals surface area (Å²) in [5.74, 6) is 0.320. The standard InChI is InChI=1S/C20H15ClO3S.C19H20N2.C17H25N3O3S3.C15H13NO3S2.C14H14F3N3OS.C12H14N2O2S/c1-14-2-4-15(5-3-14)20(22)16-6-10-18(11-7-16)25(23,24)19-12-8-17(21)9-13-19;1-14-7-8-18-16(11-14)17-13-21(10-9-19(17)20-18)12-15-5-3-2-4-6-15;1-2-12-6-8-13(9-7-12)19-16(21)10-11-18-26(22,23)15-5-3-4-14-17(15)20-25-24-14;1-10-3-6-13(7-4-10)21(17,18)16-12-5-8-14-15(9-12)20-11(2)19-14;1-20-6-5-18-13(20)22-9-12(21)19-8-10-3-2-4-11(7-10)14(15,16)17;1-8(2)16-11(15)7-17-12-13-9-5-3-4-6-10(9)14-12/h2-13H,1H3;2-8,11,20H,9-10,12-13H2,1H3;6-9,14-15,17-18,20H,2-5,10-11H2,1H3,(H,19,21);3-9,16H,2H2,1H3;2-7H,8-9H2,1H3,(H,19,21);3-6,8H,7H2,1-2H3,(H,13,14). The molecular weight excluding hydrogens is 1860 g/mol. The predicted octanol–water partition coefficient (Wildman–Crippen LogP) is 20.6. The number of nitrogens with zero attached hydrogens (tertiary/aromatic N) is 4. The number of sulfonamides is 2. The van der Waals surface area contributed by atoms with Crippen LogP contribution in [0.2, 0.25) is 5.02 Å². The normalized spacial score (nSPS) is 15.1. The number of nitrogens with one attached hydrogen (secondary N) is 7. The molecule has 35 heteroatoms. The van der Waals surface area contributed by atoms with Gasteiger partial charge in [-0.25, -0.2) is 44.7 Å². The van der Waals surface area contributed by atoms with Crippen LogP contribution in [0.25, 0.3) is 21.9 Å². The van der Waals surface area contributed by atoms with Gasteiger partial charge in [0.05, 0.1) is 64.7 Å². The Hall–Kier alpha value is -10.6. The first-order chi connectivity index (χ1) is 63.1. The Bertz CT molecular complexity index is 6490. The fourth-order valence-electron chi connectivity index (χ4n) is 14.2. The van der Waals surface area contributed by atoms with E-state index >= 15 is 0 Å². The summed E-state index contributed by atoms with van der Waals surface area (Å²) in [7, 11) is -5.57. The number of aromatic nitrogens is 5. The molecule has 7 N–H and O–H groups in total. The van der Waals surface area contributed by atoms with Crippen LogP contribution in [-0.4, -0.2) is 125 Å². The number of benzene rings is 10. The molecule has 3 unspecified atom stereocenters. The number of fused-ring (bicyclic) bond motifs is 6. The lowest BCUT2D eigenvalue weighted by molar-refractivity contribution is -0.144. The summed E-state index contributed by atoms with van der Waals surface area (Å²) >= 11 is 9.80. The minimum absolute atomic E-state index is 0.0119. The molecule has 1 saturated carbocycles. The van der Waals surface area contributed by atoms with Gasteiger partial charge < -0.3 is 34.6 Å². The maximum absolute atomic E-state index is 12.6. The highest BCUT2D eigenvalue weighted by Gasteiger charge is 2.44. The average molecular weight is 1960 g/mol. The van der Waals surface area contributed by atoms with Gasteiger partial charge in [0.1, 0.15) is 5.75 Å². The number of H-pyrrole nitrogens is 2. The van der Waals surface area contributed by atoms with E-state index in [2.05, 4.69) is 119 Å². The third-order valence-electron chi connectivity index (χ3n) is 21.0. The van der Waals surface area contributed by atoms with Crippen molar-refractivity contribution < 1.29 is 67.1 Å². The molecule has 0 radical (unpaired) electrons.